The van der Waals surface area contributed by atoms with Gasteiger partial charge in [0.1, 0.15) is 11.6 Å². The number of methoxy groups -OCH3 is 1. The van der Waals surface area contributed by atoms with Crippen LogP contribution in [0.3, 0.4) is 0 Å². The highest BCUT2D eigenvalue weighted by molar-refractivity contribution is 5.43. The Morgan fingerprint density at radius 1 is 1.16 bits per heavy atom. The first-order valence-corrected chi connectivity index (χ1v) is 10.9. The van der Waals surface area contributed by atoms with Gasteiger partial charge in [-0.15, -0.1) is 0 Å². The van der Waals surface area contributed by atoms with Crippen molar-refractivity contribution >= 4 is 0 Å². The number of aromatic nitrogens is 2. The van der Waals surface area contributed by atoms with Gasteiger partial charge in [-0.2, -0.15) is 5.10 Å². The lowest BCUT2D eigenvalue weighted by atomic mass is 10.1. The Hall–Kier alpha value is -2.74. The van der Waals surface area contributed by atoms with Crippen molar-refractivity contribution < 1.29 is 19.0 Å². The number of nitrogens with zero attached hydrogens (tertiary/aromatic N) is 3. The van der Waals surface area contributed by atoms with Gasteiger partial charge in [0.2, 0.25) is 5.88 Å². The first-order chi connectivity index (χ1) is 15.4. The van der Waals surface area contributed by atoms with Crippen LogP contribution in [0.5, 0.6) is 11.6 Å². The van der Waals surface area contributed by atoms with Crippen molar-refractivity contribution in [3.05, 3.63) is 71.7 Å². The molecular formula is C25H32FN3O3. The summed E-state index contributed by atoms with van der Waals surface area (Å²) in [4.78, 5) is 2.20. The zero-order valence-corrected chi connectivity index (χ0v) is 19.2. The summed E-state index contributed by atoms with van der Waals surface area (Å²) in [5, 5.41) is 15.1. The minimum absolute atomic E-state index is 0.225. The summed E-state index contributed by atoms with van der Waals surface area (Å²) in [6.07, 6.45) is 0.317. The number of hydrogen-bond donors (Lipinski definition) is 1. The van der Waals surface area contributed by atoms with Crippen molar-refractivity contribution in [1.29, 1.82) is 0 Å². The number of hydrogen-bond acceptors (Lipinski definition) is 5. The lowest BCUT2D eigenvalue weighted by Crippen LogP contribution is -2.40. The molecule has 0 radical (unpaired) electrons. The van der Waals surface area contributed by atoms with Gasteiger partial charge in [-0.1, -0.05) is 31.2 Å². The van der Waals surface area contributed by atoms with E-state index in [1.54, 1.807) is 23.9 Å². The van der Waals surface area contributed by atoms with Crippen molar-refractivity contribution in [3.63, 3.8) is 0 Å². The van der Waals surface area contributed by atoms with Gasteiger partial charge in [-0.25, -0.2) is 9.07 Å². The number of benzene rings is 2. The molecule has 172 valence electrons. The van der Waals surface area contributed by atoms with Crippen LogP contribution >= 0.6 is 0 Å². The van der Waals surface area contributed by atoms with Crippen LogP contribution in [0.4, 0.5) is 4.39 Å². The molecule has 0 spiro atoms. The van der Waals surface area contributed by atoms with Crippen LogP contribution in [0, 0.1) is 12.7 Å². The summed E-state index contributed by atoms with van der Waals surface area (Å²) in [5.74, 6) is 0.571. The lowest BCUT2D eigenvalue weighted by molar-refractivity contribution is 0.0252. The molecule has 0 aliphatic rings. The van der Waals surface area contributed by atoms with E-state index in [-0.39, 0.29) is 18.5 Å². The summed E-state index contributed by atoms with van der Waals surface area (Å²) < 4.78 is 26.9. The molecule has 3 rings (SSSR count). The van der Waals surface area contributed by atoms with Gasteiger partial charge in [-0.3, -0.25) is 4.90 Å². The van der Waals surface area contributed by atoms with E-state index in [2.05, 4.69) is 18.7 Å². The van der Waals surface area contributed by atoms with E-state index in [1.165, 1.54) is 12.1 Å². The highest BCUT2D eigenvalue weighted by atomic mass is 19.1. The van der Waals surface area contributed by atoms with E-state index in [0.29, 0.717) is 24.7 Å². The summed E-state index contributed by atoms with van der Waals surface area (Å²) in [7, 11) is 1.58. The van der Waals surface area contributed by atoms with Gasteiger partial charge in [0.05, 0.1) is 29.7 Å². The largest absolute Gasteiger partial charge is 0.438 e. The fourth-order valence-corrected chi connectivity index (χ4v) is 3.59. The second-order valence-electron chi connectivity index (χ2n) is 7.97. The average Bonchev–Trinajstić information content (AvgIpc) is 3.08. The molecule has 0 aliphatic heterocycles. The van der Waals surface area contributed by atoms with Gasteiger partial charge < -0.3 is 14.6 Å². The Balaban J connectivity index is 2.02. The number of halogens is 1. The van der Waals surface area contributed by atoms with Crippen molar-refractivity contribution in [2.75, 3.05) is 20.3 Å². The van der Waals surface area contributed by atoms with Crippen LogP contribution in [0.1, 0.15) is 31.5 Å². The van der Waals surface area contributed by atoms with Crippen molar-refractivity contribution in [2.45, 2.75) is 45.9 Å². The van der Waals surface area contributed by atoms with E-state index >= 15 is 0 Å². The van der Waals surface area contributed by atoms with Crippen molar-refractivity contribution in [1.82, 2.24) is 14.7 Å². The number of para-hydroxylation sites is 1. The third kappa shape index (κ3) is 5.94. The zero-order valence-electron chi connectivity index (χ0n) is 19.2. The van der Waals surface area contributed by atoms with Crippen LogP contribution in [-0.4, -0.2) is 52.2 Å². The van der Waals surface area contributed by atoms with Crippen molar-refractivity contribution in [3.8, 4) is 17.3 Å². The van der Waals surface area contributed by atoms with Crippen LogP contribution in [0.2, 0.25) is 0 Å². The molecule has 0 saturated heterocycles. The molecule has 1 aromatic heterocycles. The maximum Gasteiger partial charge on any atom is 0.227 e. The molecule has 1 heterocycles. The summed E-state index contributed by atoms with van der Waals surface area (Å²) in [6, 6.07) is 16.0. The second kappa shape index (κ2) is 11.2. The predicted molar refractivity (Wildman–Crippen MR) is 123 cm³/mol. The maximum atomic E-state index is 13.8. The third-order valence-electron chi connectivity index (χ3n) is 5.53. The lowest BCUT2D eigenvalue weighted by Gasteiger charge is -2.30. The number of aryl methyl sites for hydroxylation is 1. The van der Waals surface area contributed by atoms with Gasteiger partial charge in [0, 0.05) is 32.3 Å². The molecule has 2 unspecified atom stereocenters. The average molecular weight is 442 g/mol. The van der Waals surface area contributed by atoms with Crippen molar-refractivity contribution in [2.24, 2.45) is 0 Å². The standard InChI is InChI=1S/C25H32FN3O3/c1-5-18(2)28(15-22(30)17-31-4)16-24-19(3)27-29(21-11-7-6-8-12-21)25(24)32-23-13-9-10-20(26)14-23/h6-14,18,22,30H,5,15-17H2,1-4H3. The Kier molecular flexibility index (Phi) is 8.39. The van der Waals surface area contributed by atoms with Gasteiger partial charge in [0.25, 0.3) is 0 Å². The number of aliphatic hydroxyl groups is 1. The molecule has 7 heteroatoms. The zero-order chi connectivity index (χ0) is 23.1. The highest BCUT2D eigenvalue weighted by Gasteiger charge is 2.24. The van der Waals surface area contributed by atoms with E-state index < -0.39 is 6.10 Å². The third-order valence-corrected chi connectivity index (χ3v) is 5.53. The fourth-order valence-electron chi connectivity index (χ4n) is 3.59. The molecule has 2 aromatic carbocycles. The normalized spacial score (nSPS) is 13.3. The van der Waals surface area contributed by atoms with E-state index in [9.17, 15) is 9.50 Å². The molecule has 0 amide bonds. The molecule has 2 atom stereocenters. The minimum Gasteiger partial charge on any atom is -0.438 e. The van der Waals surface area contributed by atoms with Crippen LogP contribution in [0.25, 0.3) is 5.69 Å². The maximum absolute atomic E-state index is 13.8. The van der Waals surface area contributed by atoms with Crippen LogP contribution < -0.4 is 4.74 Å². The first kappa shape index (κ1) is 23.9. The van der Waals surface area contributed by atoms with E-state index in [1.807, 2.05) is 37.3 Å². The minimum atomic E-state index is -0.605. The number of ether oxygens (including phenoxy) is 2. The Labute approximate surface area is 189 Å². The predicted octanol–water partition coefficient (Wildman–Crippen LogP) is 4.72. The topological polar surface area (TPSA) is 59.8 Å². The monoisotopic (exact) mass is 441 g/mol. The molecule has 6 nitrogen and oxygen atoms in total. The molecule has 0 fully saturated rings. The van der Waals surface area contributed by atoms with Crippen LogP contribution in [-0.2, 0) is 11.3 Å². The summed E-state index contributed by atoms with van der Waals surface area (Å²) in [6.45, 7) is 7.43. The van der Waals surface area contributed by atoms with Gasteiger partial charge in [0.15, 0.2) is 0 Å². The quantitative estimate of drug-likeness (QED) is 0.467. The summed E-state index contributed by atoms with van der Waals surface area (Å²) in [5.41, 5.74) is 2.56. The van der Waals surface area contributed by atoms with E-state index in [0.717, 1.165) is 23.4 Å². The van der Waals surface area contributed by atoms with Gasteiger partial charge >= 0.3 is 0 Å². The summed E-state index contributed by atoms with van der Waals surface area (Å²) >= 11 is 0. The van der Waals surface area contributed by atoms with Crippen LogP contribution in [0.15, 0.2) is 54.6 Å². The number of aliphatic hydroxyl groups excluding tert-OH is 1. The second-order valence-corrected chi connectivity index (χ2v) is 7.97. The Morgan fingerprint density at radius 2 is 1.91 bits per heavy atom. The fraction of sp³-hybridized carbons (Fsp3) is 0.400. The highest BCUT2D eigenvalue weighted by Crippen LogP contribution is 2.32. The molecular weight excluding hydrogens is 409 g/mol. The smallest absolute Gasteiger partial charge is 0.227 e. The molecule has 1 N–H and O–H groups in total. The first-order valence-electron chi connectivity index (χ1n) is 10.9. The molecule has 32 heavy (non-hydrogen) atoms. The van der Waals surface area contributed by atoms with E-state index in [4.69, 9.17) is 14.6 Å². The molecule has 0 aliphatic carbocycles. The molecule has 0 bridgehead atoms. The van der Waals surface area contributed by atoms with Gasteiger partial charge in [-0.05, 0) is 44.5 Å². The SMILES string of the molecule is CCC(C)N(Cc1c(C)nn(-c2ccccc2)c1Oc1cccc(F)c1)CC(O)COC. The Morgan fingerprint density at radius 3 is 2.56 bits per heavy atom. The Bertz CT molecular complexity index is 993. The number of rotatable bonds is 11. The molecule has 3 aromatic rings. The molecule has 0 saturated carbocycles.